The zero-order valence-corrected chi connectivity index (χ0v) is 18.0. The first kappa shape index (κ1) is 22.3. The summed E-state index contributed by atoms with van der Waals surface area (Å²) < 4.78 is 19.2. The fourth-order valence-electron chi connectivity index (χ4n) is 2.76. The maximum absolute atomic E-state index is 14.0. The summed E-state index contributed by atoms with van der Waals surface area (Å²) in [6.45, 7) is 1.92. The van der Waals surface area contributed by atoms with Crippen molar-refractivity contribution in [3.63, 3.8) is 0 Å². The van der Waals surface area contributed by atoms with E-state index in [4.69, 9.17) is 17.0 Å². The highest BCUT2D eigenvalue weighted by Gasteiger charge is 2.19. The van der Waals surface area contributed by atoms with Crippen molar-refractivity contribution < 1.29 is 18.8 Å². The lowest BCUT2D eigenvalue weighted by molar-refractivity contribution is -0.384. The summed E-state index contributed by atoms with van der Waals surface area (Å²) in [6, 6.07) is 14.6. The van der Waals surface area contributed by atoms with E-state index in [1.54, 1.807) is 13.0 Å². The second-order valence-electron chi connectivity index (χ2n) is 6.34. The Balaban J connectivity index is 1.82. The van der Waals surface area contributed by atoms with Crippen molar-refractivity contribution in [3.8, 4) is 0 Å². The molecule has 0 aliphatic rings. The number of rotatable bonds is 7. The van der Waals surface area contributed by atoms with E-state index in [0.29, 0.717) is 17.0 Å². The molecule has 0 bridgehead atoms. The summed E-state index contributed by atoms with van der Waals surface area (Å²) >= 11 is 6.55. The van der Waals surface area contributed by atoms with Gasteiger partial charge in [0.05, 0.1) is 22.8 Å². The topological polar surface area (TPSA) is 93.5 Å². The molecular formula is C21H18FN3O4S2. The molecule has 160 valence electrons. The Hall–Kier alpha value is -3.37. The lowest BCUT2D eigenvalue weighted by Crippen LogP contribution is -2.20. The fourth-order valence-corrected chi connectivity index (χ4v) is 4.12. The molecule has 1 aromatic heterocycles. The molecule has 0 unspecified atom stereocenters. The lowest BCUT2D eigenvalue weighted by atomic mass is 10.1. The summed E-state index contributed by atoms with van der Waals surface area (Å²) in [7, 11) is 0. The number of nitrogens with zero attached hydrogens (tertiary/aromatic N) is 1. The zero-order chi connectivity index (χ0) is 22.4. The van der Waals surface area contributed by atoms with Crippen LogP contribution in [0.1, 0.15) is 27.7 Å². The van der Waals surface area contributed by atoms with Crippen molar-refractivity contribution in [2.75, 3.05) is 17.2 Å². The van der Waals surface area contributed by atoms with Gasteiger partial charge in [-0.05, 0) is 36.8 Å². The van der Waals surface area contributed by atoms with E-state index >= 15 is 0 Å². The van der Waals surface area contributed by atoms with Crippen LogP contribution < -0.4 is 10.6 Å². The minimum Gasteiger partial charge on any atom is -0.462 e. The van der Waals surface area contributed by atoms with E-state index in [9.17, 15) is 19.3 Å². The van der Waals surface area contributed by atoms with Gasteiger partial charge in [-0.3, -0.25) is 10.1 Å². The van der Waals surface area contributed by atoms with Gasteiger partial charge in [-0.1, -0.05) is 30.3 Å². The Bertz CT molecular complexity index is 1120. The number of benzene rings is 2. The maximum Gasteiger partial charge on any atom is 0.341 e. The second kappa shape index (κ2) is 10.1. The summed E-state index contributed by atoms with van der Waals surface area (Å²) in [5.74, 6) is -1.21. The van der Waals surface area contributed by atoms with Gasteiger partial charge >= 0.3 is 5.97 Å². The monoisotopic (exact) mass is 459 g/mol. The van der Waals surface area contributed by atoms with Crippen molar-refractivity contribution in [1.29, 1.82) is 0 Å². The van der Waals surface area contributed by atoms with Crippen molar-refractivity contribution >= 4 is 51.0 Å². The van der Waals surface area contributed by atoms with Crippen LogP contribution in [0, 0.1) is 15.9 Å². The molecule has 0 saturated heterocycles. The van der Waals surface area contributed by atoms with E-state index in [1.807, 2.05) is 30.3 Å². The van der Waals surface area contributed by atoms with Crippen LogP contribution in [0.5, 0.6) is 0 Å². The van der Waals surface area contributed by atoms with Crippen molar-refractivity contribution in [3.05, 3.63) is 86.5 Å². The second-order valence-corrected chi connectivity index (χ2v) is 7.88. The van der Waals surface area contributed by atoms with Crippen LogP contribution in [0.25, 0.3) is 0 Å². The molecule has 0 amide bonds. The molecule has 7 nitrogen and oxygen atoms in total. The number of thiocarbonyl (C=S) groups is 1. The Labute approximate surface area is 187 Å². The molecule has 0 saturated carbocycles. The van der Waals surface area contributed by atoms with Crippen LogP contribution in [-0.4, -0.2) is 22.6 Å². The number of anilines is 2. The quantitative estimate of drug-likeness (QED) is 0.212. The highest BCUT2D eigenvalue weighted by Crippen LogP contribution is 2.31. The number of nitro benzene ring substituents is 1. The number of hydrogen-bond acceptors (Lipinski definition) is 6. The third-order valence-electron chi connectivity index (χ3n) is 4.14. The highest BCUT2D eigenvalue weighted by molar-refractivity contribution is 7.80. The normalized spacial score (nSPS) is 10.4. The van der Waals surface area contributed by atoms with E-state index < -0.39 is 16.7 Å². The number of carbonyl (C=O) groups is 1. The van der Waals surface area contributed by atoms with E-state index in [0.717, 1.165) is 28.6 Å². The molecule has 10 heteroatoms. The van der Waals surface area contributed by atoms with Crippen LogP contribution >= 0.6 is 23.6 Å². The highest BCUT2D eigenvalue weighted by atomic mass is 32.1. The Morgan fingerprint density at radius 2 is 1.94 bits per heavy atom. The van der Waals surface area contributed by atoms with Gasteiger partial charge in [0.25, 0.3) is 5.69 Å². The largest absolute Gasteiger partial charge is 0.462 e. The zero-order valence-electron chi connectivity index (χ0n) is 16.4. The molecule has 0 spiro atoms. The van der Waals surface area contributed by atoms with Gasteiger partial charge < -0.3 is 15.4 Å². The van der Waals surface area contributed by atoms with Gasteiger partial charge in [-0.25, -0.2) is 9.18 Å². The van der Waals surface area contributed by atoms with E-state index in [2.05, 4.69) is 10.6 Å². The predicted molar refractivity (Wildman–Crippen MR) is 122 cm³/mol. The molecule has 1 heterocycles. The third-order valence-corrected chi connectivity index (χ3v) is 5.39. The fraction of sp³-hybridized carbons (Fsp3) is 0.143. The van der Waals surface area contributed by atoms with Gasteiger partial charge in [0.2, 0.25) is 0 Å². The number of hydrogen-bond donors (Lipinski definition) is 2. The standard InChI is InChI=1S/C21H18FN3O4S2/c1-2-29-20(26)16-12-15(10-13-6-4-3-5-7-13)31-19(16)24-21(30)23-18-11-14(25(27)28)8-9-17(18)22/h3-9,11-12H,2,10H2,1H3,(H2,23,24,30). The number of halogens is 1. The molecule has 0 aliphatic heterocycles. The Morgan fingerprint density at radius 1 is 1.19 bits per heavy atom. The van der Waals surface area contributed by atoms with Gasteiger partial charge in [0, 0.05) is 23.4 Å². The summed E-state index contributed by atoms with van der Waals surface area (Å²) in [5.41, 5.74) is 0.956. The smallest absolute Gasteiger partial charge is 0.341 e. The first-order chi connectivity index (χ1) is 14.9. The number of nitrogens with one attached hydrogen (secondary N) is 2. The number of esters is 1. The molecule has 3 rings (SSSR count). The summed E-state index contributed by atoms with van der Waals surface area (Å²) in [6.07, 6.45) is 0.610. The van der Waals surface area contributed by atoms with Crippen molar-refractivity contribution in [1.82, 2.24) is 0 Å². The van der Waals surface area contributed by atoms with Crippen LogP contribution in [0.3, 0.4) is 0 Å². The molecule has 0 aliphatic carbocycles. The van der Waals surface area contributed by atoms with Gasteiger partial charge in [-0.15, -0.1) is 11.3 Å². The van der Waals surface area contributed by atoms with Crippen LogP contribution in [0.4, 0.5) is 20.8 Å². The molecule has 0 atom stereocenters. The SMILES string of the molecule is CCOC(=O)c1cc(Cc2ccccc2)sc1NC(=S)Nc1cc([N+](=O)[O-])ccc1F. The molecular weight excluding hydrogens is 441 g/mol. The molecule has 0 fully saturated rings. The van der Waals surface area contributed by atoms with Gasteiger partial charge in [-0.2, -0.15) is 0 Å². The first-order valence-electron chi connectivity index (χ1n) is 9.23. The number of thiophene rings is 1. The third kappa shape index (κ3) is 5.83. The van der Waals surface area contributed by atoms with Crippen molar-refractivity contribution in [2.24, 2.45) is 0 Å². The predicted octanol–water partition coefficient (Wildman–Crippen LogP) is 5.37. The number of non-ortho nitro benzene ring substituents is 1. The number of carbonyl (C=O) groups excluding carboxylic acids is 1. The minimum absolute atomic E-state index is 0.0157. The molecule has 3 aromatic rings. The Morgan fingerprint density at radius 3 is 2.61 bits per heavy atom. The number of ether oxygens (including phenoxy) is 1. The molecule has 2 aromatic carbocycles. The maximum atomic E-state index is 14.0. The molecule has 2 N–H and O–H groups in total. The molecule has 0 radical (unpaired) electrons. The van der Waals surface area contributed by atoms with Crippen molar-refractivity contribution in [2.45, 2.75) is 13.3 Å². The molecule has 31 heavy (non-hydrogen) atoms. The number of nitro groups is 1. The average Bonchev–Trinajstić information content (AvgIpc) is 3.12. The van der Waals surface area contributed by atoms with Gasteiger partial charge in [0.1, 0.15) is 10.8 Å². The van der Waals surface area contributed by atoms with E-state index in [-0.39, 0.29) is 23.1 Å². The van der Waals surface area contributed by atoms with Crippen LogP contribution in [-0.2, 0) is 11.2 Å². The average molecular weight is 460 g/mol. The summed E-state index contributed by atoms with van der Waals surface area (Å²) in [4.78, 5) is 23.6. The lowest BCUT2D eigenvalue weighted by Gasteiger charge is -2.11. The Kier molecular flexibility index (Phi) is 7.27. The summed E-state index contributed by atoms with van der Waals surface area (Å²) in [5, 5.41) is 16.8. The first-order valence-corrected chi connectivity index (χ1v) is 10.5. The van der Waals surface area contributed by atoms with Crippen LogP contribution in [0.15, 0.2) is 54.6 Å². The van der Waals surface area contributed by atoms with Gasteiger partial charge in [0.15, 0.2) is 5.11 Å². The minimum atomic E-state index is -0.698. The van der Waals surface area contributed by atoms with E-state index in [1.165, 1.54) is 11.3 Å². The van der Waals surface area contributed by atoms with Crippen LogP contribution in [0.2, 0.25) is 0 Å².